The van der Waals surface area contributed by atoms with E-state index in [0.717, 1.165) is 35.5 Å². The lowest BCUT2D eigenvalue weighted by Crippen LogP contribution is -2.20. The van der Waals surface area contributed by atoms with Crippen molar-refractivity contribution in [2.75, 3.05) is 29.9 Å². The van der Waals surface area contributed by atoms with Crippen molar-refractivity contribution >= 4 is 28.3 Å². The SMILES string of the molecule is Cc1cc(N2CCCC2)nc2ccc(NC(=O)COc3ccccc3)cc12. The number of nitrogens with zero attached hydrogens (tertiary/aromatic N) is 2. The van der Waals surface area contributed by atoms with Gasteiger partial charge in [0.2, 0.25) is 0 Å². The van der Waals surface area contributed by atoms with Crippen molar-refractivity contribution in [1.29, 1.82) is 0 Å². The van der Waals surface area contributed by atoms with Crippen LogP contribution in [0.25, 0.3) is 10.9 Å². The van der Waals surface area contributed by atoms with Gasteiger partial charge in [0.15, 0.2) is 6.61 Å². The molecule has 2 heterocycles. The number of rotatable bonds is 5. The third-order valence-corrected chi connectivity index (χ3v) is 4.83. The number of nitrogens with one attached hydrogen (secondary N) is 1. The molecule has 5 nitrogen and oxygen atoms in total. The van der Waals surface area contributed by atoms with Crippen LogP contribution in [0.2, 0.25) is 0 Å². The van der Waals surface area contributed by atoms with Crippen molar-refractivity contribution in [1.82, 2.24) is 4.98 Å². The second kappa shape index (κ2) is 7.66. The van der Waals surface area contributed by atoms with Gasteiger partial charge in [-0.25, -0.2) is 4.98 Å². The Kier molecular flexibility index (Phi) is 4.92. The molecule has 1 aromatic heterocycles. The van der Waals surface area contributed by atoms with Crippen molar-refractivity contribution in [3.8, 4) is 5.75 Å². The van der Waals surface area contributed by atoms with E-state index < -0.39 is 0 Å². The van der Waals surface area contributed by atoms with Crippen LogP contribution in [0.15, 0.2) is 54.6 Å². The molecule has 3 aromatic rings. The Balaban J connectivity index is 1.47. The molecule has 5 heteroatoms. The highest BCUT2D eigenvalue weighted by atomic mass is 16.5. The Morgan fingerprint density at radius 1 is 1.11 bits per heavy atom. The van der Waals surface area contributed by atoms with Crippen molar-refractivity contribution in [3.05, 3.63) is 60.2 Å². The zero-order chi connectivity index (χ0) is 18.6. The highest BCUT2D eigenvalue weighted by Crippen LogP contribution is 2.27. The van der Waals surface area contributed by atoms with Gasteiger partial charge in [-0.05, 0) is 61.7 Å². The van der Waals surface area contributed by atoms with Crippen molar-refractivity contribution in [2.45, 2.75) is 19.8 Å². The summed E-state index contributed by atoms with van der Waals surface area (Å²) in [6.45, 7) is 4.22. The molecule has 0 radical (unpaired) electrons. The number of fused-ring (bicyclic) bond motifs is 1. The quantitative estimate of drug-likeness (QED) is 0.741. The van der Waals surface area contributed by atoms with Crippen LogP contribution in [0.1, 0.15) is 18.4 Å². The molecule has 27 heavy (non-hydrogen) atoms. The molecule has 0 saturated carbocycles. The van der Waals surface area contributed by atoms with E-state index in [9.17, 15) is 4.79 Å². The summed E-state index contributed by atoms with van der Waals surface area (Å²) in [6.07, 6.45) is 2.46. The van der Waals surface area contributed by atoms with Gasteiger partial charge in [-0.2, -0.15) is 0 Å². The summed E-state index contributed by atoms with van der Waals surface area (Å²) in [5, 5.41) is 3.95. The number of aromatic nitrogens is 1. The number of benzene rings is 2. The molecule has 0 bridgehead atoms. The Morgan fingerprint density at radius 3 is 2.67 bits per heavy atom. The molecule has 0 unspecified atom stereocenters. The van der Waals surface area contributed by atoms with Crippen LogP contribution in [0.4, 0.5) is 11.5 Å². The average molecular weight is 361 g/mol. The fraction of sp³-hybridized carbons (Fsp3) is 0.273. The maximum absolute atomic E-state index is 12.2. The molecule has 138 valence electrons. The molecule has 1 saturated heterocycles. The second-order valence-electron chi connectivity index (χ2n) is 6.87. The lowest BCUT2D eigenvalue weighted by Gasteiger charge is -2.18. The first-order valence-electron chi connectivity index (χ1n) is 9.33. The van der Waals surface area contributed by atoms with Gasteiger partial charge in [0.1, 0.15) is 11.6 Å². The van der Waals surface area contributed by atoms with Gasteiger partial charge in [-0.15, -0.1) is 0 Å². The molecule has 0 atom stereocenters. The third kappa shape index (κ3) is 4.03. The predicted octanol–water partition coefficient (Wildman–Crippen LogP) is 4.16. The molecule has 1 aliphatic heterocycles. The lowest BCUT2D eigenvalue weighted by molar-refractivity contribution is -0.118. The zero-order valence-electron chi connectivity index (χ0n) is 15.4. The Hall–Kier alpha value is -3.08. The highest BCUT2D eigenvalue weighted by molar-refractivity contribution is 5.95. The van der Waals surface area contributed by atoms with Gasteiger partial charge in [0, 0.05) is 24.2 Å². The number of hydrogen-bond acceptors (Lipinski definition) is 4. The number of anilines is 2. The normalized spacial score (nSPS) is 13.7. The van der Waals surface area contributed by atoms with Crippen molar-refractivity contribution < 1.29 is 9.53 Å². The fourth-order valence-corrected chi connectivity index (χ4v) is 3.43. The van der Waals surface area contributed by atoms with Crippen molar-refractivity contribution in [3.63, 3.8) is 0 Å². The molecule has 0 spiro atoms. The lowest BCUT2D eigenvalue weighted by atomic mass is 10.1. The Labute approximate surface area is 159 Å². The van der Waals surface area contributed by atoms with Gasteiger partial charge < -0.3 is 15.0 Å². The van der Waals surface area contributed by atoms with Crippen LogP contribution in [-0.4, -0.2) is 30.6 Å². The molecule has 1 N–H and O–H groups in total. The van der Waals surface area contributed by atoms with E-state index in [1.807, 2.05) is 48.5 Å². The molecule has 2 aromatic carbocycles. The number of carbonyl (C=O) groups is 1. The van der Waals surface area contributed by atoms with Crippen LogP contribution in [0.5, 0.6) is 5.75 Å². The van der Waals surface area contributed by atoms with E-state index in [4.69, 9.17) is 9.72 Å². The number of ether oxygens (including phenoxy) is 1. The van der Waals surface area contributed by atoms with Crippen molar-refractivity contribution in [2.24, 2.45) is 0 Å². The zero-order valence-corrected chi connectivity index (χ0v) is 15.4. The highest BCUT2D eigenvalue weighted by Gasteiger charge is 2.15. The summed E-state index contributed by atoms with van der Waals surface area (Å²) in [6, 6.07) is 17.3. The fourth-order valence-electron chi connectivity index (χ4n) is 3.43. The van der Waals surface area contributed by atoms with E-state index >= 15 is 0 Å². The first-order chi connectivity index (χ1) is 13.2. The number of hydrogen-bond donors (Lipinski definition) is 1. The van der Waals surface area contributed by atoms with Crippen LogP contribution in [0, 0.1) is 6.92 Å². The first-order valence-corrected chi connectivity index (χ1v) is 9.33. The standard InChI is InChI=1S/C22H23N3O2/c1-16-13-21(25-11-5-6-12-25)24-20-10-9-17(14-19(16)20)23-22(26)15-27-18-7-3-2-4-8-18/h2-4,7-10,13-14H,5-6,11-12,15H2,1H3,(H,23,26). The van der Waals surface area contributed by atoms with Gasteiger partial charge in [-0.1, -0.05) is 18.2 Å². The summed E-state index contributed by atoms with van der Waals surface area (Å²) < 4.78 is 5.49. The molecule has 1 aliphatic rings. The molecule has 1 fully saturated rings. The number of aryl methyl sites for hydroxylation is 1. The Bertz CT molecular complexity index is 950. The predicted molar refractivity (Wildman–Crippen MR) is 108 cm³/mol. The van der Waals surface area contributed by atoms with Gasteiger partial charge in [0.25, 0.3) is 5.91 Å². The molecule has 0 aliphatic carbocycles. The minimum Gasteiger partial charge on any atom is -0.484 e. The number of pyridine rings is 1. The summed E-state index contributed by atoms with van der Waals surface area (Å²) >= 11 is 0. The molecular formula is C22H23N3O2. The topological polar surface area (TPSA) is 54.5 Å². The Morgan fingerprint density at radius 2 is 1.89 bits per heavy atom. The summed E-state index contributed by atoms with van der Waals surface area (Å²) in [4.78, 5) is 19.3. The summed E-state index contributed by atoms with van der Waals surface area (Å²) in [5.74, 6) is 1.55. The van der Waals surface area contributed by atoms with E-state index in [1.54, 1.807) is 0 Å². The number of carbonyl (C=O) groups excluding carboxylic acids is 1. The van der Waals surface area contributed by atoms with Crippen LogP contribution in [0.3, 0.4) is 0 Å². The smallest absolute Gasteiger partial charge is 0.262 e. The average Bonchev–Trinajstić information content (AvgIpc) is 3.22. The first kappa shape index (κ1) is 17.3. The monoisotopic (exact) mass is 361 g/mol. The number of para-hydroxylation sites is 1. The van der Waals surface area contributed by atoms with E-state index in [0.29, 0.717) is 5.75 Å². The third-order valence-electron chi connectivity index (χ3n) is 4.83. The van der Waals surface area contributed by atoms with Crippen LogP contribution < -0.4 is 15.0 Å². The van der Waals surface area contributed by atoms with Gasteiger partial charge >= 0.3 is 0 Å². The molecular weight excluding hydrogens is 338 g/mol. The summed E-state index contributed by atoms with van der Waals surface area (Å²) in [7, 11) is 0. The minimum atomic E-state index is -0.183. The molecule has 4 rings (SSSR count). The minimum absolute atomic E-state index is 0.0207. The van der Waals surface area contributed by atoms with E-state index in [2.05, 4.69) is 23.2 Å². The van der Waals surface area contributed by atoms with E-state index in [1.165, 1.54) is 18.4 Å². The van der Waals surface area contributed by atoms with Gasteiger partial charge in [0.05, 0.1) is 5.52 Å². The maximum Gasteiger partial charge on any atom is 0.262 e. The van der Waals surface area contributed by atoms with Gasteiger partial charge in [-0.3, -0.25) is 4.79 Å². The largest absolute Gasteiger partial charge is 0.484 e. The van der Waals surface area contributed by atoms with Crippen LogP contribution >= 0.6 is 0 Å². The van der Waals surface area contributed by atoms with Crippen LogP contribution in [-0.2, 0) is 4.79 Å². The summed E-state index contributed by atoms with van der Waals surface area (Å²) in [5.41, 5.74) is 2.87. The number of amides is 1. The van der Waals surface area contributed by atoms with E-state index in [-0.39, 0.29) is 12.5 Å². The maximum atomic E-state index is 12.2. The second-order valence-corrected chi connectivity index (χ2v) is 6.87. The molecule has 1 amide bonds.